The van der Waals surface area contributed by atoms with Crippen LogP contribution < -0.4 is 4.74 Å². The molecule has 1 aromatic carbocycles. The van der Waals surface area contributed by atoms with Gasteiger partial charge in [0.25, 0.3) is 0 Å². The number of carbonyl (C=O) groups is 2. The Morgan fingerprint density at radius 3 is 2.61 bits per heavy atom. The van der Waals surface area contributed by atoms with E-state index in [9.17, 15) is 9.59 Å². The zero-order valence-corrected chi connectivity index (χ0v) is 9.91. The van der Waals surface area contributed by atoms with Gasteiger partial charge >= 0.3 is 12.1 Å². The van der Waals surface area contributed by atoms with E-state index >= 15 is 0 Å². The summed E-state index contributed by atoms with van der Waals surface area (Å²) in [5, 5.41) is 9.07. The van der Waals surface area contributed by atoms with Crippen LogP contribution in [0.4, 0.5) is 4.79 Å². The van der Waals surface area contributed by atoms with Gasteiger partial charge in [0.2, 0.25) is 0 Å². The van der Waals surface area contributed by atoms with Crippen LogP contribution in [0.2, 0.25) is 0 Å². The summed E-state index contributed by atoms with van der Waals surface area (Å²) in [7, 11) is 0. The minimum atomic E-state index is -0.972. The van der Waals surface area contributed by atoms with Crippen molar-refractivity contribution in [3.8, 4) is 5.75 Å². The molecule has 5 nitrogen and oxygen atoms in total. The van der Waals surface area contributed by atoms with Crippen molar-refractivity contribution in [3.63, 3.8) is 0 Å². The first-order valence-corrected chi connectivity index (χ1v) is 5.95. The zero-order valence-electron chi connectivity index (χ0n) is 9.91. The first kappa shape index (κ1) is 12.4. The van der Waals surface area contributed by atoms with Crippen LogP contribution in [-0.4, -0.2) is 34.7 Å². The molecule has 2 rings (SSSR count). The summed E-state index contributed by atoms with van der Waals surface area (Å²) < 4.78 is 5.16. The molecule has 5 heteroatoms. The van der Waals surface area contributed by atoms with Gasteiger partial charge in [-0.15, -0.1) is 0 Å². The van der Waals surface area contributed by atoms with Gasteiger partial charge in [0.15, 0.2) is 0 Å². The minimum absolute atomic E-state index is 0.428. The maximum absolute atomic E-state index is 11.9. The van der Waals surface area contributed by atoms with Crippen LogP contribution in [0.1, 0.15) is 19.3 Å². The first-order chi connectivity index (χ1) is 8.68. The Balaban J connectivity index is 2.05. The van der Waals surface area contributed by atoms with Crippen LogP contribution in [0, 0.1) is 0 Å². The third-order valence-electron chi connectivity index (χ3n) is 2.97. The number of likely N-dealkylation sites (tertiary alicyclic amines) is 1. The Bertz CT molecular complexity index is 432. The van der Waals surface area contributed by atoms with Crippen molar-refractivity contribution >= 4 is 12.1 Å². The quantitative estimate of drug-likeness (QED) is 0.871. The van der Waals surface area contributed by atoms with Crippen molar-refractivity contribution < 1.29 is 19.4 Å². The number of rotatable bonds is 2. The molecular weight excluding hydrogens is 234 g/mol. The van der Waals surface area contributed by atoms with Crippen molar-refractivity contribution in [3.05, 3.63) is 30.3 Å². The van der Waals surface area contributed by atoms with Crippen LogP contribution >= 0.6 is 0 Å². The van der Waals surface area contributed by atoms with Crippen molar-refractivity contribution in [2.24, 2.45) is 0 Å². The lowest BCUT2D eigenvalue weighted by atomic mass is 10.0. The summed E-state index contributed by atoms with van der Waals surface area (Å²) in [6.45, 7) is 0.433. The van der Waals surface area contributed by atoms with Crippen LogP contribution in [0.15, 0.2) is 30.3 Å². The number of hydrogen-bond acceptors (Lipinski definition) is 3. The van der Waals surface area contributed by atoms with Crippen LogP contribution in [0.25, 0.3) is 0 Å². The van der Waals surface area contributed by atoms with E-state index in [1.54, 1.807) is 24.3 Å². The van der Waals surface area contributed by atoms with Gasteiger partial charge in [0.1, 0.15) is 11.8 Å². The van der Waals surface area contributed by atoms with Gasteiger partial charge < -0.3 is 9.84 Å². The molecule has 0 aromatic heterocycles. The zero-order chi connectivity index (χ0) is 13.0. The van der Waals surface area contributed by atoms with E-state index in [4.69, 9.17) is 9.84 Å². The Kier molecular flexibility index (Phi) is 3.82. The van der Waals surface area contributed by atoms with E-state index in [1.165, 1.54) is 4.90 Å². The fraction of sp³-hybridized carbons (Fsp3) is 0.385. The number of carboxylic acids is 1. The highest BCUT2D eigenvalue weighted by molar-refractivity contribution is 5.81. The Morgan fingerprint density at radius 1 is 1.22 bits per heavy atom. The lowest BCUT2D eigenvalue weighted by molar-refractivity contribution is -0.143. The fourth-order valence-corrected chi connectivity index (χ4v) is 2.05. The van der Waals surface area contributed by atoms with E-state index in [0.717, 1.165) is 12.8 Å². The van der Waals surface area contributed by atoms with E-state index < -0.39 is 18.1 Å². The van der Waals surface area contributed by atoms with Gasteiger partial charge in [-0.3, -0.25) is 4.90 Å². The maximum Gasteiger partial charge on any atom is 0.415 e. The topological polar surface area (TPSA) is 66.8 Å². The van der Waals surface area contributed by atoms with Crippen molar-refractivity contribution in [1.29, 1.82) is 0 Å². The third-order valence-corrected chi connectivity index (χ3v) is 2.97. The second-order valence-corrected chi connectivity index (χ2v) is 4.22. The Hall–Kier alpha value is -2.04. The van der Waals surface area contributed by atoms with Crippen LogP contribution in [-0.2, 0) is 4.79 Å². The van der Waals surface area contributed by atoms with Crippen molar-refractivity contribution in [2.75, 3.05) is 6.54 Å². The minimum Gasteiger partial charge on any atom is -0.480 e. The second-order valence-electron chi connectivity index (χ2n) is 4.22. The van der Waals surface area contributed by atoms with Crippen molar-refractivity contribution in [1.82, 2.24) is 4.90 Å². The molecular formula is C13H15NO4. The summed E-state index contributed by atoms with van der Waals surface area (Å²) in [6.07, 6.45) is 1.53. The molecule has 0 saturated carbocycles. The molecule has 96 valence electrons. The SMILES string of the molecule is O=C(O)C1CCCCN1C(=O)Oc1ccccc1. The highest BCUT2D eigenvalue weighted by atomic mass is 16.6. The van der Waals surface area contributed by atoms with E-state index in [0.29, 0.717) is 18.7 Å². The molecule has 1 N–H and O–H groups in total. The number of hydrogen-bond donors (Lipinski definition) is 1. The summed E-state index contributed by atoms with van der Waals surface area (Å²) in [5.41, 5.74) is 0. The number of carbonyl (C=O) groups excluding carboxylic acids is 1. The van der Waals surface area contributed by atoms with Crippen LogP contribution in [0.5, 0.6) is 5.75 Å². The smallest absolute Gasteiger partial charge is 0.415 e. The number of carboxylic acid groups (broad SMARTS) is 1. The summed E-state index contributed by atoms with van der Waals surface area (Å²) in [4.78, 5) is 24.3. The van der Waals surface area contributed by atoms with E-state index in [2.05, 4.69) is 0 Å². The van der Waals surface area contributed by atoms with Gasteiger partial charge in [-0.05, 0) is 31.4 Å². The molecule has 1 atom stereocenters. The molecule has 1 heterocycles. The monoisotopic (exact) mass is 249 g/mol. The molecule has 1 aromatic rings. The number of ether oxygens (including phenoxy) is 1. The summed E-state index contributed by atoms with van der Waals surface area (Å²) in [5.74, 6) is -0.545. The molecule has 1 unspecified atom stereocenters. The largest absolute Gasteiger partial charge is 0.480 e. The Labute approximate surface area is 105 Å². The van der Waals surface area contributed by atoms with Gasteiger partial charge in [0.05, 0.1) is 0 Å². The average Bonchev–Trinajstić information content (AvgIpc) is 2.40. The normalized spacial score (nSPS) is 19.3. The average molecular weight is 249 g/mol. The van der Waals surface area contributed by atoms with Gasteiger partial charge in [-0.2, -0.15) is 0 Å². The number of para-hydroxylation sites is 1. The standard InChI is InChI=1S/C13H15NO4/c15-12(16)11-8-4-5-9-14(11)13(17)18-10-6-2-1-3-7-10/h1-3,6-7,11H,4-5,8-9H2,(H,15,16). The van der Waals surface area contributed by atoms with Crippen molar-refractivity contribution in [2.45, 2.75) is 25.3 Å². The van der Waals surface area contributed by atoms with E-state index in [1.807, 2.05) is 6.07 Å². The summed E-state index contributed by atoms with van der Waals surface area (Å²) >= 11 is 0. The van der Waals surface area contributed by atoms with Gasteiger partial charge in [-0.1, -0.05) is 18.2 Å². The summed E-state index contributed by atoms with van der Waals surface area (Å²) in [6, 6.07) is 7.89. The van der Waals surface area contributed by atoms with E-state index in [-0.39, 0.29) is 0 Å². The molecule has 0 radical (unpaired) electrons. The Morgan fingerprint density at radius 2 is 1.94 bits per heavy atom. The lowest BCUT2D eigenvalue weighted by Crippen LogP contribution is -2.49. The predicted molar refractivity (Wildman–Crippen MR) is 64.4 cm³/mol. The number of amides is 1. The van der Waals surface area contributed by atoms with Gasteiger partial charge in [0, 0.05) is 6.54 Å². The molecule has 1 aliphatic heterocycles. The second kappa shape index (κ2) is 5.53. The molecule has 0 aliphatic carbocycles. The number of benzene rings is 1. The highest BCUT2D eigenvalue weighted by Crippen LogP contribution is 2.19. The fourth-order valence-electron chi connectivity index (χ4n) is 2.05. The predicted octanol–water partition coefficient (Wildman–Crippen LogP) is 2.12. The maximum atomic E-state index is 11.9. The third kappa shape index (κ3) is 2.80. The number of nitrogens with zero attached hydrogens (tertiary/aromatic N) is 1. The molecule has 1 fully saturated rings. The van der Waals surface area contributed by atoms with Gasteiger partial charge in [-0.25, -0.2) is 9.59 Å². The number of piperidine rings is 1. The molecule has 1 amide bonds. The molecule has 0 spiro atoms. The highest BCUT2D eigenvalue weighted by Gasteiger charge is 2.33. The van der Waals surface area contributed by atoms with Crippen LogP contribution in [0.3, 0.4) is 0 Å². The first-order valence-electron chi connectivity index (χ1n) is 5.95. The molecule has 1 aliphatic rings. The lowest BCUT2D eigenvalue weighted by Gasteiger charge is -2.31. The number of aliphatic carboxylic acids is 1. The molecule has 18 heavy (non-hydrogen) atoms. The molecule has 0 bridgehead atoms. The molecule has 1 saturated heterocycles.